The van der Waals surface area contributed by atoms with Gasteiger partial charge in [-0.05, 0) is 18.6 Å². The minimum absolute atomic E-state index is 0.0949. The molecular weight excluding hydrogens is 387 g/mol. The van der Waals surface area contributed by atoms with Crippen LogP contribution in [0.5, 0.6) is 5.88 Å². The molecule has 10 heteroatoms. The van der Waals surface area contributed by atoms with Crippen LogP contribution < -0.4 is 15.4 Å². The van der Waals surface area contributed by atoms with Crippen LogP contribution in [-0.4, -0.2) is 35.3 Å². The number of aliphatic imine (C=N–C) groups is 1. The lowest BCUT2D eigenvalue weighted by atomic mass is 9.94. The summed E-state index contributed by atoms with van der Waals surface area (Å²) in [6.45, 7) is 7.88. The smallest absolute Gasteiger partial charge is 0.422 e. The molecule has 0 atom stereocenters. The molecule has 0 fully saturated rings. The zero-order chi connectivity index (χ0) is 21.5. The van der Waals surface area contributed by atoms with Gasteiger partial charge in [0.1, 0.15) is 5.76 Å². The van der Waals surface area contributed by atoms with Crippen LogP contribution in [0, 0.1) is 0 Å². The second kappa shape index (κ2) is 9.62. The monoisotopic (exact) mass is 413 g/mol. The van der Waals surface area contributed by atoms with E-state index in [9.17, 15) is 13.2 Å². The first-order valence-corrected chi connectivity index (χ1v) is 9.18. The molecule has 2 aromatic rings. The zero-order valence-electron chi connectivity index (χ0n) is 16.9. The number of nitrogens with zero attached hydrogens (tertiary/aromatic N) is 3. The number of nitrogens with one attached hydrogen (secondary N) is 2. The van der Waals surface area contributed by atoms with Crippen molar-refractivity contribution in [3.05, 3.63) is 41.7 Å². The van der Waals surface area contributed by atoms with Crippen molar-refractivity contribution in [3.63, 3.8) is 0 Å². The van der Waals surface area contributed by atoms with E-state index in [1.165, 1.54) is 12.3 Å². The second-order valence-electron chi connectivity index (χ2n) is 7.32. The minimum atomic E-state index is -4.41. The Morgan fingerprint density at radius 3 is 2.59 bits per heavy atom. The van der Waals surface area contributed by atoms with Crippen LogP contribution in [0.1, 0.15) is 44.9 Å². The summed E-state index contributed by atoms with van der Waals surface area (Å²) in [6.07, 6.45) is -1.32. The van der Waals surface area contributed by atoms with Crippen LogP contribution in [0.2, 0.25) is 0 Å². The van der Waals surface area contributed by atoms with Gasteiger partial charge in [0.15, 0.2) is 12.6 Å². The highest BCUT2D eigenvalue weighted by molar-refractivity contribution is 5.79. The van der Waals surface area contributed by atoms with Crippen LogP contribution in [0.3, 0.4) is 0 Å². The lowest BCUT2D eigenvalue weighted by molar-refractivity contribution is -0.154. The van der Waals surface area contributed by atoms with Gasteiger partial charge in [-0.2, -0.15) is 13.2 Å². The molecule has 0 aliphatic heterocycles. The fourth-order valence-electron chi connectivity index (χ4n) is 2.19. The van der Waals surface area contributed by atoms with Crippen LogP contribution in [0.15, 0.2) is 33.9 Å². The minimum Gasteiger partial charge on any atom is -0.468 e. The molecule has 2 N–H and O–H groups in total. The van der Waals surface area contributed by atoms with Gasteiger partial charge in [0.05, 0.1) is 19.3 Å². The number of guanidine groups is 1. The molecular formula is C19H26F3N5O2. The van der Waals surface area contributed by atoms with E-state index in [1.807, 2.05) is 27.7 Å². The number of alkyl halides is 3. The van der Waals surface area contributed by atoms with Gasteiger partial charge >= 0.3 is 6.18 Å². The first kappa shape index (κ1) is 22.5. The Kier molecular flexibility index (Phi) is 7.46. The number of ether oxygens (including phenoxy) is 1. The number of aromatic nitrogens is 2. The summed E-state index contributed by atoms with van der Waals surface area (Å²) < 4.78 is 47.2. The molecule has 0 saturated carbocycles. The average molecular weight is 413 g/mol. The van der Waals surface area contributed by atoms with Gasteiger partial charge in [-0.3, -0.25) is 0 Å². The van der Waals surface area contributed by atoms with Crippen LogP contribution in [0.4, 0.5) is 13.2 Å². The predicted octanol–water partition coefficient (Wildman–Crippen LogP) is 3.56. The standard InChI is InChI=1S/C19H26F3N5O2/c1-5-23-17(27-11-16-25-10-14(29-16)18(2,3)4)26-9-13-6-7-24-15(8-13)28-12-19(20,21)22/h6-8,10H,5,9,11-12H2,1-4H3,(H2,23,26,27). The van der Waals surface area contributed by atoms with E-state index in [1.54, 1.807) is 12.3 Å². The Balaban J connectivity index is 1.97. The topological polar surface area (TPSA) is 84.6 Å². The van der Waals surface area contributed by atoms with Crippen LogP contribution in [0.25, 0.3) is 0 Å². The third-order valence-corrected chi connectivity index (χ3v) is 3.65. The molecule has 7 nitrogen and oxygen atoms in total. The third-order valence-electron chi connectivity index (χ3n) is 3.65. The number of oxazole rings is 1. The first-order valence-electron chi connectivity index (χ1n) is 9.18. The van der Waals surface area contributed by atoms with E-state index in [-0.39, 0.29) is 17.8 Å². The summed E-state index contributed by atoms with van der Waals surface area (Å²) in [7, 11) is 0. The number of rotatable bonds is 7. The van der Waals surface area contributed by atoms with Gasteiger partial charge in [0, 0.05) is 24.2 Å². The number of pyridine rings is 1. The maximum Gasteiger partial charge on any atom is 0.422 e. The summed E-state index contributed by atoms with van der Waals surface area (Å²) in [5.74, 6) is 1.76. The van der Waals surface area contributed by atoms with Crippen molar-refractivity contribution in [1.29, 1.82) is 0 Å². The molecule has 0 radical (unpaired) electrons. The summed E-state index contributed by atoms with van der Waals surface area (Å²) in [5, 5.41) is 6.21. The zero-order valence-corrected chi connectivity index (χ0v) is 16.9. The highest BCUT2D eigenvalue weighted by atomic mass is 19.4. The molecule has 0 bridgehead atoms. The molecule has 0 aromatic carbocycles. The molecule has 0 aliphatic rings. The highest BCUT2D eigenvalue weighted by Crippen LogP contribution is 2.22. The Morgan fingerprint density at radius 2 is 1.97 bits per heavy atom. The van der Waals surface area contributed by atoms with E-state index in [2.05, 4.69) is 30.3 Å². The van der Waals surface area contributed by atoms with Crippen molar-refractivity contribution in [2.45, 2.75) is 52.4 Å². The summed E-state index contributed by atoms with van der Waals surface area (Å²) in [5.41, 5.74) is 0.539. The van der Waals surface area contributed by atoms with E-state index >= 15 is 0 Å². The van der Waals surface area contributed by atoms with Crippen LogP contribution >= 0.6 is 0 Å². The number of hydrogen-bond donors (Lipinski definition) is 2. The lowest BCUT2D eigenvalue weighted by Crippen LogP contribution is -2.36. The quantitative estimate of drug-likeness (QED) is 0.533. The van der Waals surface area contributed by atoms with Crippen molar-refractivity contribution in [3.8, 4) is 5.88 Å². The van der Waals surface area contributed by atoms with Crippen LogP contribution in [-0.2, 0) is 18.5 Å². The van der Waals surface area contributed by atoms with Crippen molar-refractivity contribution in [1.82, 2.24) is 20.6 Å². The fourth-order valence-corrected chi connectivity index (χ4v) is 2.19. The molecule has 160 valence electrons. The van der Waals surface area contributed by atoms with Gasteiger partial charge in [-0.15, -0.1) is 0 Å². The SMILES string of the molecule is CCNC(=NCc1ccnc(OCC(F)(F)F)c1)NCc1ncc(C(C)(C)C)o1. The average Bonchev–Trinajstić information content (AvgIpc) is 3.12. The Labute approximate surface area is 167 Å². The van der Waals surface area contributed by atoms with E-state index < -0.39 is 12.8 Å². The van der Waals surface area contributed by atoms with Gasteiger partial charge in [0.2, 0.25) is 11.8 Å². The van der Waals surface area contributed by atoms with Crippen molar-refractivity contribution in [2.24, 2.45) is 4.99 Å². The normalized spacial score (nSPS) is 12.7. The summed E-state index contributed by atoms with van der Waals surface area (Å²) in [6, 6.07) is 3.10. The summed E-state index contributed by atoms with van der Waals surface area (Å²) >= 11 is 0. The van der Waals surface area contributed by atoms with E-state index in [4.69, 9.17) is 4.42 Å². The molecule has 0 spiro atoms. The van der Waals surface area contributed by atoms with Gasteiger partial charge in [0.25, 0.3) is 0 Å². The van der Waals surface area contributed by atoms with Crippen molar-refractivity contribution < 1.29 is 22.3 Å². The van der Waals surface area contributed by atoms with E-state index in [0.29, 0.717) is 30.5 Å². The molecule has 29 heavy (non-hydrogen) atoms. The number of halogens is 3. The van der Waals surface area contributed by atoms with Crippen molar-refractivity contribution >= 4 is 5.96 Å². The predicted molar refractivity (Wildman–Crippen MR) is 103 cm³/mol. The van der Waals surface area contributed by atoms with Gasteiger partial charge < -0.3 is 19.8 Å². The van der Waals surface area contributed by atoms with Gasteiger partial charge in [-0.25, -0.2) is 15.0 Å². The molecule has 0 aliphatic carbocycles. The molecule has 0 amide bonds. The Hall–Kier alpha value is -2.78. The third kappa shape index (κ3) is 8.00. The van der Waals surface area contributed by atoms with Crippen molar-refractivity contribution in [2.75, 3.05) is 13.2 Å². The molecule has 2 aromatic heterocycles. The lowest BCUT2D eigenvalue weighted by Gasteiger charge is -2.13. The maximum atomic E-state index is 12.3. The largest absolute Gasteiger partial charge is 0.468 e. The highest BCUT2D eigenvalue weighted by Gasteiger charge is 2.28. The molecule has 0 saturated heterocycles. The fraction of sp³-hybridized carbons (Fsp3) is 0.526. The second-order valence-corrected chi connectivity index (χ2v) is 7.32. The maximum absolute atomic E-state index is 12.3. The first-order chi connectivity index (χ1) is 13.6. The Bertz CT molecular complexity index is 813. The summed E-state index contributed by atoms with van der Waals surface area (Å²) in [4.78, 5) is 12.5. The number of hydrogen-bond acceptors (Lipinski definition) is 5. The Morgan fingerprint density at radius 1 is 1.21 bits per heavy atom. The molecule has 2 rings (SSSR count). The van der Waals surface area contributed by atoms with E-state index in [0.717, 1.165) is 5.76 Å². The molecule has 0 unspecified atom stereocenters. The van der Waals surface area contributed by atoms with Gasteiger partial charge in [-0.1, -0.05) is 20.8 Å². The molecule has 2 heterocycles.